The fourth-order valence-corrected chi connectivity index (χ4v) is 6.04. The Hall–Kier alpha value is -1.40. The highest BCUT2D eigenvalue weighted by molar-refractivity contribution is 7.09. The second-order valence-corrected chi connectivity index (χ2v) is 8.89. The zero-order valence-electron chi connectivity index (χ0n) is 13.8. The van der Waals surface area contributed by atoms with Gasteiger partial charge in [-0.1, -0.05) is 6.07 Å². The smallest absolute Gasteiger partial charge is 0.321 e. The average Bonchev–Trinajstić information content (AvgIpc) is 3.03. The van der Waals surface area contributed by atoms with Crippen molar-refractivity contribution in [1.82, 2.24) is 16.0 Å². The van der Waals surface area contributed by atoms with Crippen LogP contribution >= 0.6 is 11.3 Å². The molecule has 1 heterocycles. The second kappa shape index (κ2) is 6.48. The van der Waals surface area contributed by atoms with E-state index in [1.807, 2.05) is 17.5 Å². The summed E-state index contributed by atoms with van der Waals surface area (Å²) in [6.45, 7) is 0.692. The number of hydrogen-bond donors (Lipinski definition) is 3. The molecule has 4 aliphatic rings. The van der Waals surface area contributed by atoms with Crippen LogP contribution in [0.15, 0.2) is 17.5 Å². The molecule has 1 aromatic rings. The van der Waals surface area contributed by atoms with Crippen molar-refractivity contribution in [1.29, 1.82) is 0 Å². The van der Waals surface area contributed by atoms with Crippen LogP contribution in [0, 0.1) is 17.8 Å². The van der Waals surface area contributed by atoms with Crippen molar-refractivity contribution < 1.29 is 9.59 Å². The summed E-state index contributed by atoms with van der Waals surface area (Å²) in [5, 5.41) is 10.6. The Balaban J connectivity index is 1.23. The summed E-state index contributed by atoms with van der Waals surface area (Å²) >= 11 is 1.59. The van der Waals surface area contributed by atoms with Gasteiger partial charge in [0, 0.05) is 10.4 Å². The van der Waals surface area contributed by atoms with E-state index in [9.17, 15) is 9.59 Å². The van der Waals surface area contributed by atoms with Crippen molar-refractivity contribution in [2.24, 2.45) is 17.8 Å². The molecule has 1 aromatic heterocycles. The Labute approximate surface area is 146 Å². The van der Waals surface area contributed by atoms with E-state index in [1.54, 1.807) is 11.3 Å². The van der Waals surface area contributed by atoms with E-state index in [-0.39, 0.29) is 18.0 Å². The molecule has 0 aliphatic heterocycles. The number of nitrogens with one attached hydrogen (secondary N) is 3. The number of imide groups is 1. The van der Waals surface area contributed by atoms with E-state index in [0.29, 0.717) is 6.54 Å². The van der Waals surface area contributed by atoms with Gasteiger partial charge >= 0.3 is 6.03 Å². The minimum Gasteiger partial charge on any atom is -0.333 e. The van der Waals surface area contributed by atoms with Crippen LogP contribution in [0.2, 0.25) is 0 Å². The maximum absolute atomic E-state index is 12.1. The predicted molar refractivity (Wildman–Crippen MR) is 93.6 cm³/mol. The van der Waals surface area contributed by atoms with E-state index in [2.05, 4.69) is 16.0 Å². The zero-order valence-corrected chi connectivity index (χ0v) is 14.7. The SMILES string of the molecule is O=C(CNC12CC3CC(CC(C3)C1)C2)NC(=O)NCc1cccs1. The van der Waals surface area contributed by atoms with Crippen LogP contribution < -0.4 is 16.0 Å². The molecule has 5 rings (SSSR count). The molecule has 4 fully saturated rings. The first-order valence-electron chi connectivity index (χ1n) is 8.95. The highest BCUT2D eigenvalue weighted by Crippen LogP contribution is 2.55. The van der Waals surface area contributed by atoms with Crippen molar-refractivity contribution >= 4 is 23.3 Å². The van der Waals surface area contributed by atoms with Crippen LogP contribution in [-0.4, -0.2) is 24.0 Å². The lowest BCUT2D eigenvalue weighted by molar-refractivity contribution is -0.120. The Morgan fingerprint density at radius 2 is 1.79 bits per heavy atom. The van der Waals surface area contributed by atoms with Crippen LogP contribution in [0.4, 0.5) is 4.79 Å². The van der Waals surface area contributed by atoms with Crippen molar-refractivity contribution in [3.8, 4) is 0 Å². The van der Waals surface area contributed by atoms with Gasteiger partial charge in [0.1, 0.15) is 0 Å². The summed E-state index contributed by atoms with van der Waals surface area (Å²) in [4.78, 5) is 25.0. The molecular weight excluding hydrogens is 322 g/mol. The maximum Gasteiger partial charge on any atom is 0.321 e. The molecule has 0 radical (unpaired) electrons. The van der Waals surface area contributed by atoms with Gasteiger partial charge in [0.05, 0.1) is 13.1 Å². The van der Waals surface area contributed by atoms with Crippen LogP contribution in [0.3, 0.4) is 0 Å². The average molecular weight is 347 g/mol. The first kappa shape index (κ1) is 16.1. The van der Waals surface area contributed by atoms with Crippen LogP contribution in [0.5, 0.6) is 0 Å². The van der Waals surface area contributed by atoms with Gasteiger partial charge < -0.3 is 10.6 Å². The molecule has 3 N–H and O–H groups in total. The Morgan fingerprint density at radius 1 is 1.12 bits per heavy atom. The Morgan fingerprint density at radius 3 is 2.38 bits per heavy atom. The molecule has 4 saturated carbocycles. The molecule has 0 atom stereocenters. The van der Waals surface area contributed by atoms with E-state index < -0.39 is 6.03 Å². The van der Waals surface area contributed by atoms with Crippen LogP contribution in [-0.2, 0) is 11.3 Å². The minimum absolute atomic E-state index is 0.152. The highest BCUT2D eigenvalue weighted by Gasteiger charge is 2.50. The van der Waals surface area contributed by atoms with Gasteiger partial charge in [0.2, 0.25) is 5.91 Å². The van der Waals surface area contributed by atoms with Gasteiger partial charge in [-0.15, -0.1) is 11.3 Å². The van der Waals surface area contributed by atoms with Gasteiger partial charge in [-0.3, -0.25) is 10.1 Å². The summed E-state index contributed by atoms with van der Waals surface area (Å²) in [6.07, 6.45) is 7.78. The molecule has 130 valence electrons. The lowest BCUT2D eigenvalue weighted by Crippen LogP contribution is -2.60. The van der Waals surface area contributed by atoms with Crippen LogP contribution in [0.25, 0.3) is 0 Å². The number of rotatable bonds is 5. The third-order valence-corrected chi connectivity index (χ3v) is 6.79. The van der Waals surface area contributed by atoms with Crippen molar-refractivity contribution in [2.75, 3.05) is 6.54 Å². The summed E-state index contributed by atoms with van der Waals surface area (Å²) < 4.78 is 0. The first-order chi connectivity index (χ1) is 11.6. The molecule has 0 unspecified atom stereocenters. The van der Waals surface area contributed by atoms with Gasteiger partial charge in [0.15, 0.2) is 0 Å². The molecule has 3 amide bonds. The molecule has 0 aromatic carbocycles. The molecule has 5 nitrogen and oxygen atoms in total. The van der Waals surface area contributed by atoms with Gasteiger partial charge in [-0.25, -0.2) is 4.79 Å². The molecule has 24 heavy (non-hydrogen) atoms. The van der Waals surface area contributed by atoms with Crippen molar-refractivity contribution in [2.45, 2.75) is 50.6 Å². The van der Waals surface area contributed by atoms with Crippen LogP contribution in [0.1, 0.15) is 43.4 Å². The highest BCUT2D eigenvalue weighted by atomic mass is 32.1. The summed E-state index contributed by atoms with van der Waals surface area (Å²) in [6, 6.07) is 3.49. The molecule has 4 bridgehead atoms. The van der Waals surface area contributed by atoms with Gasteiger partial charge in [-0.05, 0) is 67.7 Å². The minimum atomic E-state index is -0.416. The summed E-state index contributed by atoms with van der Waals surface area (Å²) in [5.41, 5.74) is 0.152. The third-order valence-electron chi connectivity index (χ3n) is 5.92. The largest absolute Gasteiger partial charge is 0.333 e. The number of amides is 3. The van der Waals surface area contributed by atoms with E-state index in [1.165, 1.54) is 38.5 Å². The number of carbonyl (C=O) groups excluding carboxylic acids is 2. The monoisotopic (exact) mass is 347 g/mol. The van der Waals surface area contributed by atoms with E-state index in [4.69, 9.17) is 0 Å². The predicted octanol–water partition coefficient (Wildman–Crippen LogP) is 2.63. The van der Waals surface area contributed by atoms with E-state index in [0.717, 1.165) is 22.6 Å². The molecule has 4 aliphatic carbocycles. The van der Waals surface area contributed by atoms with Crippen molar-refractivity contribution in [3.05, 3.63) is 22.4 Å². The van der Waals surface area contributed by atoms with Crippen molar-refractivity contribution in [3.63, 3.8) is 0 Å². The fraction of sp³-hybridized carbons (Fsp3) is 0.667. The second-order valence-electron chi connectivity index (χ2n) is 7.86. The first-order valence-corrected chi connectivity index (χ1v) is 9.83. The lowest BCUT2D eigenvalue weighted by Gasteiger charge is -2.57. The quantitative estimate of drug-likeness (QED) is 0.767. The molecule has 6 heteroatoms. The lowest BCUT2D eigenvalue weighted by atomic mass is 9.53. The van der Waals surface area contributed by atoms with Gasteiger partial charge in [0.25, 0.3) is 0 Å². The molecule has 0 saturated heterocycles. The standard InChI is InChI=1S/C18H25N3O2S/c22-16(21-17(23)19-10-15-2-1-3-24-15)11-20-18-7-12-4-13(8-18)6-14(5-12)9-18/h1-3,12-14,20H,4-11H2,(H2,19,21,22,23). The summed E-state index contributed by atoms with van der Waals surface area (Å²) in [5.74, 6) is 2.30. The third kappa shape index (κ3) is 3.49. The Kier molecular flexibility index (Phi) is 4.35. The normalized spacial score (nSPS) is 33.4. The number of urea groups is 1. The van der Waals surface area contributed by atoms with E-state index >= 15 is 0 Å². The maximum atomic E-state index is 12.1. The van der Waals surface area contributed by atoms with Gasteiger partial charge in [-0.2, -0.15) is 0 Å². The summed E-state index contributed by atoms with van der Waals surface area (Å²) in [7, 11) is 0. The topological polar surface area (TPSA) is 70.2 Å². The number of carbonyl (C=O) groups is 2. The Bertz CT molecular complexity index is 579. The molecular formula is C18H25N3O2S. The molecule has 0 spiro atoms. The fourth-order valence-electron chi connectivity index (χ4n) is 5.39. The number of thiophene rings is 1. The zero-order chi connectivity index (χ0) is 16.6. The number of hydrogen-bond acceptors (Lipinski definition) is 4.